The first kappa shape index (κ1) is 14.2. The summed E-state index contributed by atoms with van der Waals surface area (Å²) in [5, 5.41) is 0. The highest BCUT2D eigenvalue weighted by Gasteiger charge is 2.08. The predicted molar refractivity (Wildman–Crippen MR) is 75.1 cm³/mol. The summed E-state index contributed by atoms with van der Waals surface area (Å²) in [5.41, 5.74) is 7.50. The summed E-state index contributed by atoms with van der Waals surface area (Å²) in [6.45, 7) is 6.52. The lowest BCUT2D eigenvalue weighted by Gasteiger charge is -2.22. The quantitative estimate of drug-likeness (QED) is 0.785. The van der Waals surface area contributed by atoms with Gasteiger partial charge in [-0.2, -0.15) is 0 Å². The van der Waals surface area contributed by atoms with Crippen molar-refractivity contribution in [1.82, 2.24) is 4.90 Å². The van der Waals surface area contributed by atoms with E-state index < -0.39 is 0 Å². The largest absolute Gasteiger partial charge is 0.327 e. The third-order valence-corrected chi connectivity index (χ3v) is 2.95. The van der Waals surface area contributed by atoms with E-state index in [0.29, 0.717) is 12.0 Å². The Bertz CT molecular complexity index is 295. The van der Waals surface area contributed by atoms with Crippen LogP contribution in [0.25, 0.3) is 0 Å². The van der Waals surface area contributed by atoms with E-state index in [1.807, 2.05) is 0 Å². The standard InChI is InChI=1S/C15H26N2/c1-13(2)11-15(16)12-17(3)10-9-14-7-5-4-6-8-14/h4-8,13,15H,9-12,16H2,1-3H3. The summed E-state index contributed by atoms with van der Waals surface area (Å²) < 4.78 is 0. The van der Waals surface area contributed by atoms with Gasteiger partial charge in [0.15, 0.2) is 0 Å². The number of nitrogens with zero attached hydrogens (tertiary/aromatic N) is 1. The third-order valence-electron chi connectivity index (χ3n) is 2.95. The normalized spacial score (nSPS) is 13.3. The van der Waals surface area contributed by atoms with E-state index in [1.54, 1.807) is 0 Å². The smallest absolute Gasteiger partial charge is 0.0170 e. The number of hydrogen-bond donors (Lipinski definition) is 1. The summed E-state index contributed by atoms with van der Waals surface area (Å²) in [7, 11) is 2.16. The molecule has 1 unspecified atom stereocenters. The lowest BCUT2D eigenvalue weighted by atomic mass is 10.0. The Morgan fingerprint density at radius 3 is 2.41 bits per heavy atom. The predicted octanol–water partition coefficient (Wildman–Crippen LogP) is 2.53. The third kappa shape index (κ3) is 6.44. The molecular weight excluding hydrogens is 208 g/mol. The van der Waals surface area contributed by atoms with Crippen molar-refractivity contribution >= 4 is 0 Å². The van der Waals surface area contributed by atoms with Crippen LogP contribution in [0.5, 0.6) is 0 Å². The van der Waals surface area contributed by atoms with Crippen LogP contribution in [0.15, 0.2) is 30.3 Å². The van der Waals surface area contributed by atoms with Crippen LogP contribution in [0.3, 0.4) is 0 Å². The fourth-order valence-electron chi connectivity index (χ4n) is 2.14. The second-order valence-corrected chi connectivity index (χ2v) is 5.39. The number of benzene rings is 1. The lowest BCUT2D eigenvalue weighted by molar-refractivity contribution is 0.297. The highest BCUT2D eigenvalue weighted by atomic mass is 15.1. The lowest BCUT2D eigenvalue weighted by Crippen LogP contribution is -2.37. The van der Waals surface area contributed by atoms with Crippen LogP contribution in [0.1, 0.15) is 25.8 Å². The van der Waals surface area contributed by atoms with Crippen molar-refractivity contribution in [2.45, 2.75) is 32.7 Å². The van der Waals surface area contributed by atoms with Gasteiger partial charge in [-0.05, 0) is 31.4 Å². The van der Waals surface area contributed by atoms with Gasteiger partial charge in [0.05, 0.1) is 0 Å². The Labute approximate surface area is 106 Å². The molecule has 0 amide bonds. The number of hydrogen-bond acceptors (Lipinski definition) is 2. The van der Waals surface area contributed by atoms with Gasteiger partial charge in [0.25, 0.3) is 0 Å². The van der Waals surface area contributed by atoms with Crippen molar-refractivity contribution in [3.8, 4) is 0 Å². The molecule has 0 bridgehead atoms. The molecule has 0 heterocycles. The summed E-state index contributed by atoms with van der Waals surface area (Å²) in [6.07, 6.45) is 2.21. The van der Waals surface area contributed by atoms with Crippen LogP contribution in [0.4, 0.5) is 0 Å². The zero-order chi connectivity index (χ0) is 12.7. The molecule has 2 heteroatoms. The van der Waals surface area contributed by atoms with E-state index in [-0.39, 0.29) is 0 Å². The van der Waals surface area contributed by atoms with Crippen LogP contribution in [0.2, 0.25) is 0 Å². The van der Waals surface area contributed by atoms with E-state index in [4.69, 9.17) is 5.73 Å². The van der Waals surface area contributed by atoms with E-state index in [2.05, 4.69) is 56.1 Å². The first-order chi connectivity index (χ1) is 8.08. The molecule has 2 N–H and O–H groups in total. The SMILES string of the molecule is CC(C)CC(N)CN(C)CCc1ccccc1. The molecule has 0 saturated carbocycles. The van der Waals surface area contributed by atoms with Crippen molar-refractivity contribution < 1.29 is 0 Å². The first-order valence-electron chi connectivity index (χ1n) is 6.56. The zero-order valence-corrected chi connectivity index (χ0v) is 11.4. The second kappa shape index (κ2) is 7.46. The van der Waals surface area contributed by atoms with Gasteiger partial charge in [0.2, 0.25) is 0 Å². The van der Waals surface area contributed by atoms with Crippen molar-refractivity contribution in [2.75, 3.05) is 20.1 Å². The Balaban J connectivity index is 2.23. The van der Waals surface area contributed by atoms with Crippen LogP contribution < -0.4 is 5.73 Å². The van der Waals surface area contributed by atoms with Crippen molar-refractivity contribution in [2.24, 2.45) is 11.7 Å². The average molecular weight is 234 g/mol. The molecule has 96 valence electrons. The number of likely N-dealkylation sites (N-methyl/N-ethyl adjacent to an activating group) is 1. The van der Waals surface area contributed by atoms with E-state index in [0.717, 1.165) is 25.9 Å². The average Bonchev–Trinajstić information content (AvgIpc) is 2.26. The van der Waals surface area contributed by atoms with Crippen LogP contribution in [-0.4, -0.2) is 31.1 Å². The molecule has 0 aliphatic rings. The molecule has 17 heavy (non-hydrogen) atoms. The number of rotatable bonds is 7. The van der Waals surface area contributed by atoms with Crippen LogP contribution >= 0.6 is 0 Å². The fraction of sp³-hybridized carbons (Fsp3) is 0.600. The summed E-state index contributed by atoms with van der Waals surface area (Å²) in [6, 6.07) is 10.9. The van der Waals surface area contributed by atoms with Crippen molar-refractivity contribution in [1.29, 1.82) is 0 Å². The highest BCUT2D eigenvalue weighted by molar-refractivity contribution is 5.14. The molecule has 1 aromatic rings. The molecule has 0 aliphatic carbocycles. The van der Waals surface area contributed by atoms with E-state index >= 15 is 0 Å². The molecule has 0 saturated heterocycles. The molecule has 0 radical (unpaired) electrons. The van der Waals surface area contributed by atoms with Crippen LogP contribution in [-0.2, 0) is 6.42 Å². The van der Waals surface area contributed by atoms with Crippen LogP contribution in [0, 0.1) is 5.92 Å². The van der Waals surface area contributed by atoms with Gasteiger partial charge in [0, 0.05) is 19.1 Å². The molecule has 1 aromatic carbocycles. The Morgan fingerprint density at radius 2 is 1.82 bits per heavy atom. The van der Waals surface area contributed by atoms with E-state index in [9.17, 15) is 0 Å². The monoisotopic (exact) mass is 234 g/mol. The molecule has 0 spiro atoms. The molecule has 1 rings (SSSR count). The molecule has 2 nitrogen and oxygen atoms in total. The minimum absolute atomic E-state index is 0.302. The van der Waals surface area contributed by atoms with Gasteiger partial charge < -0.3 is 10.6 Å². The molecular formula is C15H26N2. The van der Waals surface area contributed by atoms with Crippen molar-refractivity contribution in [3.05, 3.63) is 35.9 Å². The second-order valence-electron chi connectivity index (χ2n) is 5.39. The summed E-state index contributed by atoms with van der Waals surface area (Å²) in [4.78, 5) is 2.33. The molecule has 0 aromatic heterocycles. The molecule has 0 aliphatic heterocycles. The Morgan fingerprint density at radius 1 is 1.18 bits per heavy atom. The maximum absolute atomic E-state index is 6.10. The van der Waals surface area contributed by atoms with Crippen molar-refractivity contribution in [3.63, 3.8) is 0 Å². The zero-order valence-electron chi connectivity index (χ0n) is 11.4. The molecule has 1 atom stereocenters. The summed E-state index contributed by atoms with van der Waals surface area (Å²) >= 11 is 0. The van der Waals surface area contributed by atoms with Gasteiger partial charge in [0.1, 0.15) is 0 Å². The minimum atomic E-state index is 0.302. The maximum Gasteiger partial charge on any atom is 0.0170 e. The maximum atomic E-state index is 6.10. The van der Waals surface area contributed by atoms with Gasteiger partial charge in [-0.1, -0.05) is 44.2 Å². The highest BCUT2D eigenvalue weighted by Crippen LogP contribution is 2.05. The number of nitrogens with two attached hydrogens (primary N) is 1. The minimum Gasteiger partial charge on any atom is -0.327 e. The van der Waals surface area contributed by atoms with Gasteiger partial charge in [-0.25, -0.2) is 0 Å². The van der Waals surface area contributed by atoms with Gasteiger partial charge in [-0.3, -0.25) is 0 Å². The van der Waals surface area contributed by atoms with Gasteiger partial charge in [-0.15, -0.1) is 0 Å². The Kier molecular flexibility index (Phi) is 6.23. The topological polar surface area (TPSA) is 29.3 Å². The molecule has 0 fully saturated rings. The van der Waals surface area contributed by atoms with Gasteiger partial charge >= 0.3 is 0 Å². The van der Waals surface area contributed by atoms with E-state index in [1.165, 1.54) is 5.56 Å². The summed E-state index contributed by atoms with van der Waals surface area (Å²) in [5.74, 6) is 0.688. The Hall–Kier alpha value is -0.860. The first-order valence-corrected chi connectivity index (χ1v) is 6.56. The fourth-order valence-corrected chi connectivity index (χ4v) is 2.14.